The van der Waals surface area contributed by atoms with Gasteiger partial charge in [0.05, 0.1) is 23.0 Å². The highest BCUT2D eigenvalue weighted by molar-refractivity contribution is 5.96. The maximum absolute atomic E-state index is 12.9. The quantitative estimate of drug-likeness (QED) is 0.694. The van der Waals surface area contributed by atoms with Crippen LogP contribution in [0.2, 0.25) is 0 Å². The third-order valence-electron chi connectivity index (χ3n) is 5.31. The van der Waals surface area contributed by atoms with Gasteiger partial charge in [0.25, 0.3) is 0 Å². The molecule has 7 heteroatoms. The molecule has 2 N–H and O–H groups in total. The summed E-state index contributed by atoms with van der Waals surface area (Å²) >= 11 is 0. The van der Waals surface area contributed by atoms with E-state index in [-0.39, 0.29) is 16.9 Å². The minimum atomic E-state index is -1.01. The maximum Gasteiger partial charge on any atom is 0.339 e. The first kappa shape index (κ1) is 19.1. The van der Waals surface area contributed by atoms with Gasteiger partial charge < -0.3 is 15.2 Å². The fourth-order valence-corrected chi connectivity index (χ4v) is 3.46. The van der Waals surface area contributed by atoms with Crippen LogP contribution in [-0.2, 0) is 9.53 Å². The van der Waals surface area contributed by atoms with Gasteiger partial charge >= 0.3 is 5.97 Å². The number of carbonyl (C=O) groups excluding carboxylic acids is 1. The van der Waals surface area contributed by atoms with Crippen molar-refractivity contribution in [1.82, 2.24) is 9.78 Å². The smallest absolute Gasteiger partial charge is 0.339 e. The molecule has 1 aromatic carbocycles. The Morgan fingerprint density at radius 1 is 1.37 bits per heavy atom. The number of hydrogen-bond donors (Lipinski definition) is 2. The molecule has 0 atom stereocenters. The summed E-state index contributed by atoms with van der Waals surface area (Å²) in [6, 6.07) is 7.28. The number of rotatable bonds is 8. The molecule has 3 rings (SSSR count). The molecule has 7 nitrogen and oxygen atoms in total. The molecule has 1 saturated carbocycles. The van der Waals surface area contributed by atoms with Gasteiger partial charge in [0.15, 0.2) is 0 Å². The van der Waals surface area contributed by atoms with Crippen LogP contribution >= 0.6 is 0 Å². The Hall–Kier alpha value is -2.67. The van der Waals surface area contributed by atoms with Gasteiger partial charge in [0.2, 0.25) is 5.91 Å². The van der Waals surface area contributed by atoms with Crippen molar-refractivity contribution in [2.45, 2.75) is 39.5 Å². The lowest BCUT2D eigenvalue weighted by Gasteiger charge is -2.40. The lowest BCUT2D eigenvalue weighted by molar-refractivity contribution is -0.132. The van der Waals surface area contributed by atoms with Crippen LogP contribution in [0.4, 0.5) is 5.69 Å². The SMILES string of the molecule is CCOCCC1(C(=O)Nc2cccc(-n3ncc(C(=O)O)c3C)c2)CCC1. The number of carboxylic acid groups (broad SMARTS) is 1. The highest BCUT2D eigenvalue weighted by Crippen LogP contribution is 2.45. The molecule has 2 aromatic rings. The predicted molar refractivity (Wildman–Crippen MR) is 101 cm³/mol. The number of nitrogens with one attached hydrogen (secondary N) is 1. The topological polar surface area (TPSA) is 93.5 Å². The fourth-order valence-electron chi connectivity index (χ4n) is 3.46. The maximum atomic E-state index is 12.9. The Bertz CT molecular complexity index is 840. The molecule has 1 aromatic heterocycles. The summed E-state index contributed by atoms with van der Waals surface area (Å²) < 4.78 is 7.00. The third kappa shape index (κ3) is 3.88. The standard InChI is InChI=1S/C20H25N3O4/c1-3-27-11-10-20(8-5-9-20)19(26)22-15-6-4-7-16(12-15)23-14(2)17(13-21-23)18(24)25/h4,6-7,12-13H,3,5,8-11H2,1-2H3,(H,22,26)(H,24,25). The highest BCUT2D eigenvalue weighted by atomic mass is 16.5. The van der Waals surface area contributed by atoms with E-state index in [0.29, 0.717) is 30.3 Å². The lowest BCUT2D eigenvalue weighted by Crippen LogP contribution is -2.42. The molecular formula is C20H25N3O4. The average molecular weight is 371 g/mol. The number of aromatic carboxylic acids is 1. The van der Waals surface area contributed by atoms with Crippen molar-refractivity contribution in [2.24, 2.45) is 5.41 Å². The van der Waals surface area contributed by atoms with E-state index in [1.54, 1.807) is 17.7 Å². The number of amides is 1. The fraction of sp³-hybridized carbons (Fsp3) is 0.450. The van der Waals surface area contributed by atoms with E-state index in [4.69, 9.17) is 4.74 Å². The number of aromatic nitrogens is 2. The monoisotopic (exact) mass is 371 g/mol. The second-order valence-electron chi connectivity index (χ2n) is 6.95. The molecule has 0 spiro atoms. The molecule has 1 heterocycles. The van der Waals surface area contributed by atoms with Crippen molar-refractivity contribution in [3.8, 4) is 5.69 Å². The molecule has 144 valence electrons. The third-order valence-corrected chi connectivity index (χ3v) is 5.31. The number of ether oxygens (including phenoxy) is 1. The van der Waals surface area contributed by atoms with Crippen LogP contribution in [0.25, 0.3) is 5.69 Å². The van der Waals surface area contributed by atoms with E-state index < -0.39 is 5.97 Å². The Morgan fingerprint density at radius 2 is 2.15 bits per heavy atom. The molecule has 1 aliphatic carbocycles. The van der Waals surface area contributed by atoms with Crippen LogP contribution in [-0.4, -0.2) is 40.0 Å². The van der Waals surface area contributed by atoms with Crippen LogP contribution in [0.1, 0.15) is 48.7 Å². The normalized spacial score (nSPS) is 15.2. The molecule has 1 aliphatic rings. The summed E-state index contributed by atoms with van der Waals surface area (Å²) in [5, 5.41) is 16.4. The van der Waals surface area contributed by atoms with Crippen molar-refractivity contribution >= 4 is 17.6 Å². The number of hydrogen-bond acceptors (Lipinski definition) is 4. The first-order chi connectivity index (χ1) is 13.0. The molecule has 1 amide bonds. The zero-order valence-corrected chi connectivity index (χ0v) is 15.7. The van der Waals surface area contributed by atoms with Crippen molar-refractivity contribution in [3.05, 3.63) is 41.7 Å². The van der Waals surface area contributed by atoms with Gasteiger partial charge in [0, 0.05) is 18.9 Å². The zero-order valence-electron chi connectivity index (χ0n) is 15.7. The Morgan fingerprint density at radius 3 is 2.74 bits per heavy atom. The largest absolute Gasteiger partial charge is 0.478 e. The Balaban J connectivity index is 1.76. The number of anilines is 1. The van der Waals surface area contributed by atoms with E-state index in [0.717, 1.165) is 25.7 Å². The van der Waals surface area contributed by atoms with E-state index in [1.165, 1.54) is 6.20 Å². The van der Waals surface area contributed by atoms with Crippen molar-refractivity contribution in [2.75, 3.05) is 18.5 Å². The number of nitrogens with zero attached hydrogens (tertiary/aromatic N) is 2. The van der Waals surface area contributed by atoms with Crippen molar-refractivity contribution < 1.29 is 19.4 Å². The summed E-state index contributed by atoms with van der Waals surface area (Å²) in [6.07, 6.45) is 4.88. The molecule has 0 radical (unpaired) electrons. The minimum Gasteiger partial charge on any atom is -0.478 e. The van der Waals surface area contributed by atoms with Gasteiger partial charge in [-0.3, -0.25) is 4.79 Å². The van der Waals surface area contributed by atoms with Gasteiger partial charge in [-0.25, -0.2) is 9.48 Å². The lowest BCUT2D eigenvalue weighted by atomic mass is 9.66. The summed E-state index contributed by atoms with van der Waals surface area (Å²) in [4.78, 5) is 24.1. The van der Waals surface area contributed by atoms with Gasteiger partial charge in [-0.15, -0.1) is 0 Å². The summed E-state index contributed by atoms with van der Waals surface area (Å²) in [6.45, 7) is 4.90. The second kappa shape index (κ2) is 7.92. The molecular weight excluding hydrogens is 346 g/mol. The van der Waals surface area contributed by atoms with Crippen LogP contribution in [0, 0.1) is 12.3 Å². The number of carbonyl (C=O) groups is 2. The van der Waals surface area contributed by atoms with Crippen LogP contribution < -0.4 is 5.32 Å². The molecule has 0 aliphatic heterocycles. The average Bonchev–Trinajstić information content (AvgIpc) is 2.99. The van der Waals surface area contributed by atoms with Crippen molar-refractivity contribution in [1.29, 1.82) is 0 Å². The first-order valence-electron chi connectivity index (χ1n) is 9.24. The Labute approximate surface area is 158 Å². The second-order valence-corrected chi connectivity index (χ2v) is 6.95. The van der Waals surface area contributed by atoms with Gasteiger partial charge in [0.1, 0.15) is 5.56 Å². The molecule has 27 heavy (non-hydrogen) atoms. The molecule has 1 fully saturated rings. The van der Waals surface area contributed by atoms with Gasteiger partial charge in [-0.1, -0.05) is 12.5 Å². The Kier molecular flexibility index (Phi) is 5.60. The van der Waals surface area contributed by atoms with Gasteiger partial charge in [-0.2, -0.15) is 5.10 Å². The summed E-state index contributed by atoms with van der Waals surface area (Å²) in [5.74, 6) is -0.988. The molecule has 0 bridgehead atoms. The van der Waals surface area contributed by atoms with E-state index in [9.17, 15) is 14.7 Å². The zero-order chi connectivity index (χ0) is 19.4. The number of carboxylic acids is 1. The predicted octanol–water partition coefficient (Wildman–Crippen LogP) is 3.41. The van der Waals surface area contributed by atoms with Crippen LogP contribution in [0.5, 0.6) is 0 Å². The first-order valence-corrected chi connectivity index (χ1v) is 9.24. The number of benzene rings is 1. The van der Waals surface area contributed by atoms with Crippen LogP contribution in [0.15, 0.2) is 30.5 Å². The highest BCUT2D eigenvalue weighted by Gasteiger charge is 2.43. The van der Waals surface area contributed by atoms with Crippen LogP contribution in [0.3, 0.4) is 0 Å². The van der Waals surface area contributed by atoms with Crippen molar-refractivity contribution in [3.63, 3.8) is 0 Å². The minimum absolute atomic E-state index is 0.0222. The van der Waals surface area contributed by atoms with E-state index in [1.807, 2.05) is 25.1 Å². The summed E-state index contributed by atoms with van der Waals surface area (Å²) in [7, 11) is 0. The summed E-state index contributed by atoms with van der Waals surface area (Å²) in [5.41, 5.74) is 1.73. The van der Waals surface area contributed by atoms with E-state index in [2.05, 4.69) is 10.4 Å². The molecule has 0 unspecified atom stereocenters. The van der Waals surface area contributed by atoms with Gasteiger partial charge in [-0.05, 0) is 51.3 Å². The van der Waals surface area contributed by atoms with E-state index >= 15 is 0 Å². The molecule has 0 saturated heterocycles.